The van der Waals surface area contributed by atoms with Crippen LogP contribution in [0, 0.1) is 0 Å². The van der Waals surface area contributed by atoms with Crippen molar-refractivity contribution in [3.8, 4) is 0 Å². The molecule has 4 nitrogen and oxygen atoms in total. The Labute approximate surface area is 111 Å². The molecular weight excluding hydrogens is 224 g/mol. The van der Waals surface area contributed by atoms with E-state index in [1.807, 2.05) is 11.7 Å². The Morgan fingerprint density at radius 1 is 1.39 bits per heavy atom. The van der Waals surface area contributed by atoms with Crippen molar-refractivity contribution < 1.29 is 0 Å². The normalized spacial score (nSPS) is 12.7. The van der Waals surface area contributed by atoms with E-state index >= 15 is 0 Å². The Kier molecular flexibility index (Phi) is 4.93. The summed E-state index contributed by atoms with van der Waals surface area (Å²) in [5.74, 6) is 0.477. The van der Waals surface area contributed by atoms with Gasteiger partial charge in [-0.05, 0) is 33.9 Å². The number of rotatable bonds is 6. The van der Waals surface area contributed by atoms with Gasteiger partial charge >= 0.3 is 0 Å². The van der Waals surface area contributed by atoms with E-state index < -0.39 is 0 Å². The third-order valence-corrected chi connectivity index (χ3v) is 3.57. The Bertz CT molecular complexity index is 377. The molecule has 0 spiro atoms. The van der Waals surface area contributed by atoms with Crippen LogP contribution in [0.25, 0.3) is 0 Å². The van der Waals surface area contributed by atoms with Crippen molar-refractivity contribution in [2.45, 2.75) is 45.7 Å². The van der Waals surface area contributed by atoms with Gasteiger partial charge in [0.05, 0.1) is 5.69 Å². The monoisotopic (exact) mass is 252 g/mol. The maximum Gasteiger partial charge on any atom is 0.0694 e. The molecule has 0 fully saturated rings. The number of hydrogen-bond donors (Lipinski definition) is 1. The van der Waals surface area contributed by atoms with Gasteiger partial charge in [-0.2, -0.15) is 5.10 Å². The number of nitrogens with zero attached hydrogens (tertiary/aromatic N) is 3. The highest BCUT2D eigenvalue weighted by Gasteiger charge is 2.20. The van der Waals surface area contributed by atoms with Crippen LogP contribution in [0.1, 0.15) is 44.9 Å². The van der Waals surface area contributed by atoms with E-state index in [2.05, 4.69) is 63.3 Å². The van der Waals surface area contributed by atoms with Crippen LogP contribution >= 0.6 is 0 Å². The number of nitrogens with one attached hydrogen (secondary N) is 1. The van der Waals surface area contributed by atoms with Crippen molar-refractivity contribution in [3.63, 3.8) is 0 Å². The smallest absolute Gasteiger partial charge is 0.0694 e. The van der Waals surface area contributed by atoms with Crippen molar-refractivity contribution in [2.24, 2.45) is 7.05 Å². The van der Waals surface area contributed by atoms with E-state index in [0.717, 1.165) is 13.1 Å². The number of likely N-dealkylation sites (N-methyl/N-ethyl adjacent to an activating group) is 1. The average molecular weight is 252 g/mol. The zero-order valence-corrected chi connectivity index (χ0v) is 12.9. The molecule has 104 valence electrons. The summed E-state index contributed by atoms with van der Waals surface area (Å²) in [6.07, 6.45) is 2.12. The molecule has 18 heavy (non-hydrogen) atoms. The highest BCUT2D eigenvalue weighted by molar-refractivity contribution is 5.20. The lowest BCUT2D eigenvalue weighted by atomic mass is 10.0. The van der Waals surface area contributed by atoms with E-state index in [4.69, 9.17) is 0 Å². The molecule has 1 heterocycles. The fourth-order valence-electron chi connectivity index (χ4n) is 1.84. The van der Waals surface area contributed by atoms with Gasteiger partial charge in [0.2, 0.25) is 0 Å². The summed E-state index contributed by atoms with van der Waals surface area (Å²) in [4.78, 5) is 2.24. The summed E-state index contributed by atoms with van der Waals surface area (Å²) in [5.41, 5.74) is 2.68. The summed E-state index contributed by atoms with van der Waals surface area (Å²) < 4.78 is 1.91. The first-order valence-corrected chi connectivity index (χ1v) is 6.64. The van der Waals surface area contributed by atoms with Crippen molar-refractivity contribution in [1.29, 1.82) is 0 Å². The molecule has 0 bridgehead atoms. The molecule has 0 saturated heterocycles. The van der Waals surface area contributed by atoms with Gasteiger partial charge in [0.1, 0.15) is 0 Å². The first-order valence-electron chi connectivity index (χ1n) is 6.64. The van der Waals surface area contributed by atoms with Crippen LogP contribution in [0.4, 0.5) is 0 Å². The van der Waals surface area contributed by atoms with Crippen molar-refractivity contribution in [1.82, 2.24) is 20.0 Å². The van der Waals surface area contributed by atoms with Crippen LogP contribution in [-0.2, 0) is 13.6 Å². The molecule has 0 atom stereocenters. The van der Waals surface area contributed by atoms with E-state index in [-0.39, 0.29) is 5.54 Å². The van der Waals surface area contributed by atoms with Crippen LogP contribution in [0.2, 0.25) is 0 Å². The van der Waals surface area contributed by atoms with Crippen molar-refractivity contribution >= 4 is 0 Å². The molecule has 0 saturated carbocycles. The van der Waals surface area contributed by atoms with Crippen LogP contribution in [0.3, 0.4) is 0 Å². The van der Waals surface area contributed by atoms with Gasteiger partial charge in [-0.1, -0.05) is 13.8 Å². The van der Waals surface area contributed by atoms with Gasteiger partial charge < -0.3 is 10.2 Å². The highest BCUT2D eigenvalue weighted by atomic mass is 15.3. The molecule has 1 N–H and O–H groups in total. The molecule has 1 rings (SSSR count). The quantitative estimate of drug-likeness (QED) is 0.840. The molecule has 0 aliphatic rings. The molecular formula is C14H28N4. The first-order chi connectivity index (χ1) is 8.24. The Morgan fingerprint density at radius 2 is 2.00 bits per heavy atom. The van der Waals surface area contributed by atoms with Crippen LogP contribution in [-0.4, -0.2) is 40.9 Å². The zero-order chi connectivity index (χ0) is 13.9. The van der Waals surface area contributed by atoms with Crippen LogP contribution in [0.15, 0.2) is 6.20 Å². The standard InChI is InChI=1S/C14H28N4/c1-11(2)13-12(9-18(7)16-13)8-15-10-14(3,4)17(5)6/h9,11,15H,8,10H2,1-7H3. The molecule has 0 amide bonds. The fraction of sp³-hybridized carbons (Fsp3) is 0.786. The number of hydrogen-bond acceptors (Lipinski definition) is 3. The number of aryl methyl sites for hydroxylation is 1. The summed E-state index contributed by atoms with van der Waals surface area (Å²) in [7, 11) is 6.22. The molecule has 0 aliphatic carbocycles. The van der Waals surface area contributed by atoms with Gasteiger partial charge in [-0.15, -0.1) is 0 Å². The second kappa shape index (κ2) is 5.85. The van der Waals surface area contributed by atoms with E-state index in [1.54, 1.807) is 0 Å². The maximum absolute atomic E-state index is 4.53. The molecule has 4 heteroatoms. The van der Waals surface area contributed by atoms with E-state index in [0.29, 0.717) is 5.92 Å². The average Bonchev–Trinajstić information content (AvgIpc) is 2.59. The van der Waals surface area contributed by atoms with Crippen molar-refractivity contribution in [3.05, 3.63) is 17.5 Å². The SMILES string of the molecule is CC(C)c1nn(C)cc1CNCC(C)(C)N(C)C. The Hall–Kier alpha value is -0.870. The Morgan fingerprint density at radius 3 is 2.50 bits per heavy atom. The van der Waals surface area contributed by atoms with E-state index in [1.165, 1.54) is 11.3 Å². The minimum Gasteiger partial charge on any atom is -0.311 e. The second-order valence-electron chi connectivity index (χ2n) is 6.18. The highest BCUT2D eigenvalue weighted by Crippen LogP contribution is 2.17. The van der Waals surface area contributed by atoms with Crippen molar-refractivity contribution in [2.75, 3.05) is 20.6 Å². The Balaban J connectivity index is 2.59. The maximum atomic E-state index is 4.53. The topological polar surface area (TPSA) is 33.1 Å². The predicted octanol–water partition coefficient (Wildman–Crippen LogP) is 1.97. The lowest BCUT2D eigenvalue weighted by Crippen LogP contribution is -2.46. The zero-order valence-electron chi connectivity index (χ0n) is 12.9. The molecule has 1 aromatic heterocycles. The first kappa shape index (κ1) is 15.2. The summed E-state index contributed by atoms with van der Waals surface area (Å²) in [6, 6.07) is 0. The molecule has 0 unspecified atom stereocenters. The summed E-state index contributed by atoms with van der Waals surface area (Å²) >= 11 is 0. The lowest BCUT2D eigenvalue weighted by molar-refractivity contribution is 0.189. The lowest BCUT2D eigenvalue weighted by Gasteiger charge is -2.32. The third kappa shape index (κ3) is 3.82. The van der Waals surface area contributed by atoms with Gasteiger partial charge in [-0.25, -0.2) is 0 Å². The van der Waals surface area contributed by atoms with Gasteiger partial charge in [-0.3, -0.25) is 4.68 Å². The molecule has 0 aromatic carbocycles. The van der Waals surface area contributed by atoms with Crippen LogP contribution in [0.5, 0.6) is 0 Å². The predicted molar refractivity (Wildman–Crippen MR) is 76.8 cm³/mol. The minimum absolute atomic E-state index is 0.167. The van der Waals surface area contributed by atoms with Gasteiger partial charge in [0, 0.05) is 37.4 Å². The van der Waals surface area contributed by atoms with Gasteiger partial charge in [0.15, 0.2) is 0 Å². The molecule has 0 radical (unpaired) electrons. The van der Waals surface area contributed by atoms with E-state index in [9.17, 15) is 0 Å². The second-order valence-corrected chi connectivity index (χ2v) is 6.18. The number of aromatic nitrogens is 2. The summed E-state index contributed by atoms with van der Waals surface area (Å²) in [5, 5.41) is 8.06. The van der Waals surface area contributed by atoms with Crippen LogP contribution < -0.4 is 5.32 Å². The minimum atomic E-state index is 0.167. The third-order valence-electron chi connectivity index (χ3n) is 3.57. The molecule has 1 aromatic rings. The largest absolute Gasteiger partial charge is 0.311 e. The summed E-state index contributed by atoms with van der Waals surface area (Å²) in [6.45, 7) is 10.7. The molecule has 0 aliphatic heterocycles. The fourth-order valence-corrected chi connectivity index (χ4v) is 1.84. The van der Waals surface area contributed by atoms with Gasteiger partial charge in [0.25, 0.3) is 0 Å².